The summed E-state index contributed by atoms with van der Waals surface area (Å²) in [6.45, 7) is 13.4. The third-order valence-electron chi connectivity index (χ3n) is 4.58. The molecule has 0 unspecified atom stereocenters. The fourth-order valence-electron chi connectivity index (χ4n) is 3.35. The van der Waals surface area contributed by atoms with Gasteiger partial charge < -0.3 is 23.8 Å². The van der Waals surface area contributed by atoms with E-state index in [9.17, 15) is 0 Å². The van der Waals surface area contributed by atoms with Gasteiger partial charge >= 0.3 is 0 Å². The SMILES string of the molecule is C=COC1=CC=C(N(c2ccc(OC=C)cc2)c2cc(OC=C)cc(OCC)c2)CC1. The Balaban J connectivity index is 2.08. The largest absolute Gasteiger partial charge is 0.494 e. The molecule has 0 heterocycles. The average molecular weight is 418 g/mol. The Morgan fingerprint density at radius 3 is 2.06 bits per heavy atom. The monoisotopic (exact) mass is 417 g/mol. The summed E-state index contributed by atoms with van der Waals surface area (Å²) < 4.78 is 22.2. The molecule has 2 aromatic carbocycles. The van der Waals surface area contributed by atoms with E-state index in [1.165, 1.54) is 18.8 Å². The smallest absolute Gasteiger partial charge is 0.132 e. The number of anilines is 2. The van der Waals surface area contributed by atoms with E-state index in [0.717, 1.165) is 47.2 Å². The van der Waals surface area contributed by atoms with Crippen LogP contribution in [0.25, 0.3) is 0 Å². The van der Waals surface area contributed by atoms with Gasteiger partial charge in [-0.3, -0.25) is 0 Å². The van der Waals surface area contributed by atoms with Crippen LogP contribution in [-0.4, -0.2) is 6.61 Å². The molecule has 5 nitrogen and oxygen atoms in total. The lowest BCUT2D eigenvalue weighted by molar-refractivity contribution is 0.332. The molecular weight excluding hydrogens is 390 g/mol. The van der Waals surface area contributed by atoms with Crippen molar-refractivity contribution in [3.05, 3.63) is 105 Å². The summed E-state index contributed by atoms with van der Waals surface area (Å²) in [5, 5.41) is 0. The number of nitrogens with zero attached hydrogens (tertiary/aromatic N) is 1. The van der Waals surface area contributed by atoms with Crippen molar-refractivity contribution in [2.45, 2.75) is 19.8 Å². The summed E-state index contributed by atoms with van der Waals surface area (Å²) in [4.78, 5) is 2.16. The quantitative estimate of drug-likeness (QED) is 0.369. The van der Waals surface area contributed by atoms with Gasteiger partial charge in [-0.1, -0.05) is 19.7 Å². The molecule has 5 heteroatoms. The third-order valence-corrected chi connectivity index (χ3v) is 4.58. The van der Waals surface area contributed by atoms with Crippen molar-refractivity contribution in [2.75, 3.05) is 11.5 Å². The Morgan fingerprint density at radius 2 is 1.45 bits per heavy atom. The molecule has 0 N–H and O–H groups in total. The van der Waals surface area contributed by atoms with Crippen LogP contribution in [0.1, 0.15) is 19.8 Å². The van der Waals surface area contributed by atoms with E-state index in [2.05, 4.69) is 30.7 Å². The van der Waals surface area contributed by atoms with Crippen molar-refractivity contribution in [1.82, 2.24) is 0 Å². The lowest BCUT2D eigenvalue weighted by Crippen LogP contribution is -2.18. The standard InChI is InChI=1S/C26H27NO4/c1-5-28-23-13-9-20(10-14-23)27(21-11-15-24(16-12-21)29-6-2)22-17-25(30-7-3)19-26(18-22)31-8-4/h5-7,9-11,13-15,17-19H,1-3,8,12,16H2,4H3. The van der Waals surface area contributed by atoms with Gasteiger partial charge in [0.25, 0.3) is 0 Å². The Labute approximate surface area is 183 Å². The number of rotatable bonds is 11. The summed E-state index contributed by atoms with van der Waals surface area (Å²) in [5.41, 5.74) is 2.99. The maximum Gasteiger partial charge on any atom is 0.132 e. The van der Waals surface area contributed by atoms with Crippen molar-refractivity contribution in [2.24, 2.45) is 0 Å². The molecule has 0 aromatic heterocycles. The Bertz CT molecular complexity index is 989. The molecule has 3 rings (SSSR count). The lowest BCUT2D eigenvalue weighted by Gasteiger charge is -2.30. The van der Waals surface area contributed by atoms with Crippen LogP contribution >= 0.6 is 0 Å². The van der Waals surface area contributed by atoms with Gasteiger partial charge in [-0.25, -0.2) is 0 Å². The predicted molar refractivity (Wildman–Crippen MR) is 125 cm³/mol. The molecule has 0 atom stereocenters. The van der Waals surface area contributed by atoms with Gasteiger partial charge in [0.15, 0.2) is 0 Å². The predicted octanol–water partition coefficient (Wildman–Crippen LogP) is 6.99. The van der Waals surface area contributed by atoms with Crippen LogP contribution in [0.3, 0.4) is 0 Å². The van der Waals surface area contributed by atoms with Crippen LogP contribution in [-0.2, 0) is 4.74 Å². The molecule has 31 heavy (non-hydrogen) atoms. The topological polar surface area (TPSA) is 40.2 Å². The minimum Gasteiger partial charge on any atom is -0.494 e. The van der Waals surface area contributed by atoms with E-state index < -0.39 is 0 Å². The molecule has 0 aliphatic heterocycles. The molecular formula is C26H27NO4. The Hall–Kier alpha value is -3.86. The minimum atomic E-state index is 0.554. The highest BCUT2D eigenvalue weighted by Crippen LogP contribution is 2.39. The van der Waals surface area contributed by atoms with Gasteiger partial charge in [0.05, 0.1) is 31.1 Å². The molecule has 0 spiro atoms. The number of benzene rings is 2. The van der Waals surface area contributed by atoms with Crippen molar-refractivity contribution in [3.63, 3.8) is 0 Å². The molecule has 1 aliphatic carbocycles. The van der Waals surface area contributed by atoms with Crippen molar-refractivity contribution in [1.29, 1.82) is 0 Å². The van der Waals surface area contributed by atoms with E-state index in [4.69, 9.17) is 18.9 Å². The molecule has 0 fully saturated rings. The average Bonchev–Trinajstić information content (AvgIpc) is 2.77. The summed E-state index contributed by atoms with van der Waals surface area (Å²) in [6.07, 6.45) is 9.85. The number of allylic oxidation sites excluding steroid dienone is 4. The van der Waals surface area contributed by atoms with E-state index in [1.54, 1.807) is 0 Å². The van der Waals surface area contributed by atoms with E-state index in [0.29, 0.717) is 12.4 Å². The zero-order chi connectivity index (χ0) is 22.1. The third kappa shape index (κ3) is 5.60. The van der Waals surface area contributed by atoms with Crippen LogP contribution in [0.4, 0.5) is 11.4 Å². The molecule has 0 radical (unpaired) electrons. The van der Waals surface area contributed by atoms with Gasteiger partial charge in [-0.2, -0.15) is 0 Å². The minimum absolute atomic E-state index is 0.554. The van der Waals surface area contributed by atoms with Crippen LogP contribution in [0.2, 0.25) is 0 Å². The number of hydrogen-bond donors (Lipinski definition) is 0. The molecule has 0 saturated heterocycles. The lowest BCUT2D eigenvalue weighted by atomic mass is 10.1. The highest BCUT2D eigenvalue weighted by atomic mass is 16.5. The Morgan fingerprint density at radius 1 is 0.774 bits per heavy atom. The first-order valence-corrected chi connectivity index (χ1v) is 10.1. The summed E-state index contributed by atoms with van der Waals surface area (Å²) in [6, 6.07) is 13.6. The second-order valence-corrected chi connectivity index (χ2v) is 6.57. The normalized spacial score (nSPS) is 12.7. The molecule has 1 aliphatic rings. The molecule has 2 aromatic rings. The molecule has 0 bridgehead atoms. The van der Waals surface area contributed by atoms with Crippen molar-refractivity contribution >= 4 is 11.4 Å². The first-order chi connectivity index (χ1) is 15.2. The van der Waals surface area contributed by atoms with E-state index in [1.807, 2.05) is 55.5 Å². The second kappa shape index (κ2) is 10.8. The van der Waals surface area contributed by atoms with E-state index >= 15 is 0 Å². The highest BCUT2D eigenvalue weighted by Gasteiger charge is 2.19. The maximum absolute atomic E-state index is 5.77. The van der Waals surface area contributed by atoms with Crippen LogP contribution in [0.15, 0.2) is 105 Å². The summed E-state index contributed by atoms with van der Waals surface area (Å²) in [5.74, 6) is 2.97. The van der Waals surface area contributed by atoms with Crippen molar-refractivity contribution < 1.29 is 18.9 Å². The van der Waals surface area contributed by atoms with Crippen LogP contribution in [0, 0.1) is 0 Å². The second-order valence-electron chi connectivity index (χ2n) is 6.57. The zero-order valence-electron chi connectivity index (χ0n) is 17.8. The maximum atomic E-state index is 5.77. The van der Waals surface area contributed by atoms with Crippen LogP contribution < -0.4 is 19.1 Å². The Kier molecular flexibility index (Phi) is 7.60. The van der Waals surface area contributed by atoms with Gasteiger partial charge in [-0.15, -0.1) is 0 Å². The fourth-order valence-corrected chi connectivity index (χ4v) is 3.35. The first kappa shape index (κ1) is 21.8. The zero-order valence-corrected chi connectivity index (χ0v) is 17.8. The first-order valence-electron chi connectivity index (χ1n) is 10.1. The van der Waals surface area contributed by atoms with Gasteiger partial charge in [0.2, 0.25) is 0 Å². The van der Waals surface area contributed by atoms with E-state index in [-0.39, 0.29) is 0 Å². The van der Waals surface area contributed by atoms with Crippen molar-refractivity contribution in [3.8, 4) is 17.2 Å². The van der Waals surface area contributed by atoms with Crippen LogP contribution in [0.5, 0.6) is 17.2 Å². The van der Waals surface area contributed by atoms with Gasteiger partial charge in [0.1, 0.15) is 23.0 Å². The number of ether oxygens (including phenoxy) is 4. The number of hydrogen-bond acceptors (Lipinski definition) is 5. The van der Waals surface area contributed by atoms with Gasteiger partial charge in [-0.05, 0) is 49.8 Å². The molecule has 0 amide bonds. The summed E-state index contributed by atoms with van der Waals surface area (Å²) in [7, 11) is 0. The highest BCUT2D eigenvalue weighted by molar-refractivity contribution is 5.72. The summed E-state index contributed by atoms with van der Waals surface area (Å²) >= 11 is 0. The van der Waals surface area contributed by atoms with Gasteiger partial charge in [0, 0.05) is 36.0 Å². The molecule has 160 valence electrons. The molecule has 0 saturated carbocycles. The fraction of sp³-hybridized carbons (Fsp3) is 0.154.